The standard InChI is InChI=1S/C13H24O6S/c1-11(6-4-3-5-7-12(2)14)10-13(15)19-8-9-20(16,17)18/h10,12,14H,3-9H2,1-2H3,(H,16,17,18)/b11-10-/t12-/m0/s1. The van der Waals surface area contributed by atoms with Gasteiger partial charge in [0.25, 0.3) is 10.1 Å². The van der Waals surface area contributed by atoms with Crippen LogP contribution in [0.25, 0.3) is 0 Å². The fourth-order valence-electron chi connectivity index (χ4n) is 1.58. The molecular formula is C13H24O6S. The Labute approximate surface area is 120 Å². The second kappa shape index (κ2) is 9.90. The quantitative estimate of drug-likeness (QED) is 0.276. The van der Waals surface area contributed by atoms with Gasteiger partial charge in [-0.25, -0.2) is 4.79 Å². The second-order valence-corrected chi connectivity index (χ2v) is 6.46. The fourth-order valence-corrected chi connectivity index (χ4v) is 1.88. The van der Waals surface area contributed by atoms with Crippen molar-refractivity contribution >= 4 is 16.1 Å². The third kappa shape index (κ3) is 13.5. The van der Waals surface area contributed by atoms with E-state index < -0.39 is 21.8 Å². The summed E-state index contributed by atoms with van der Waals surface area (Å²) >= 11 is 0. The summed E-state index contributed by atoms with van der Waals surface area (Å²) in [5.74, 6) is -1.19. The maximum Gasteiger partial charge on any atom is 0.330 e. The molecule has 118 valence electrons. The Morgan fingerprint density at radius 1 is 1.30 bits per heavy atom. The summed E-state index contributed by atoms with van der Waals surface area (Å²) in [5.41, 5.74) is 0.860. The number of rotatable bonds is 10. The maximum absolute atomic E-state index is 11.3. The zero-order chi connectivity index (χ0) is 15.6. The molecule has 0 saturated carbocycles. The fraction of sp³-hybridized carbons (Fsp3) is 0.769. The molecule has 1 atom stereocenters. The molecule has 0 fully saturated rings. The van der Waals surface area contributed by atoms with Gasteiger partial charge in [0.1, 0.15) is 12.4 Å². The van der Waals surface area contributed by atoms with Crippen LogP contribution in [0.2, 0.25) is 0 Å². The van der Waals surface area contributed by atoms with Crippen LogP contribution < -0.4 is 0 Å². The van der Waals surface area contributed by atoms with Crippen molar-refractivity contribution in [3.63, 3.8) is 0 Å². The van der Waals surface area contributed by atoms with Crippen LogP contribution >= 0.6 is 0 Å². The zero-order valence-corrected chi connectivity index (χ0v) is 12.9. The molecule has 0 amide bonds. The normalized spacial score (nSPS) is 14.1. The molecule has 20 heavy (non-hydrogen) atoms. The van der Waals surface area contributed by atoms with Gasteiger partial charge in [0, 0.05) is 6.08 Å². The lowest BCUT2D eigenvalue weighted by molar-refractivity contribution is -0.137. The number of carbonyl (C=O) groups excluding carboxylic acids is 1. The van der Waals surface area contributed by atoms with Gasteiger partial charge in [-0.05, 0) is 33.1 Å². The van der Waals surface area contributed by atoms with Crippen molar-refractivity contribution in [3.8, 4) is 0 Å². The summed E-state index contributed by atoms with van der Waals surface area (Å²) in [4.78, 5) is 11.3. The highest BCUT2D eigenvalue weighted by Crippen LogP contribution is 2.10. The molecule has 0 aliphatic rings. The third-order valence-corrected chi connectivity index (χ3v) is 3.33. The summed E-state index contributed by atoms with van der Waals surface area (Å²) in [7, 11) is -4.09. The number of allylic oxidation sites excluding steroid dienone is 1. The molecule has 0 aliphatic heterocycles. The Hall–Kier alpha value is -0.920. The van der Waals surface area contributed by atoms with Gasteiger partial charge >= 0.3 is 5.97 Å². The van der Waals surface area contributed by atoms with E-state index in [1.165, 1.54) is 6.08 Å². The Morgan fingerprint density at radius 2 is 1.95 bits per heavy atom. The van der Waals surface area contributed by atoms with Crippen LogP contribution in [-0.2, 0) is 19.6 Å². The number of hydrogen-bond acceptors (Lipinski definition) is 5. The van der Waals surface area contributed by atoms with E-state index >= 15 is 0 Å². The first-order valence-electron chi connectivity index (χ1n) is 6.68. The molecule has 0 rings (SSSR count). The van der Waals surface area contributed by atoms with Crippen molar-refractivity contribution in [2.75, 3.05) is 12.4 Å². The molecule has 6 nitrogen and oxygen atoms in total. The Bertz CT molecular complexity index is 411. The molecule has 0 aromatic heterocycles. The molecule has 0 radical (unpaired) electrons. The monoisotopic (exact) mass is 308 g/mol. The summed E-state index contributed by atoms with van der Waals surface area (Å²) < 4.78 is 34.0. The number of ether oxygens (including phenoxy) is 1. The smallest absolute Gasteiger partial charge is 0.330 e. The van der Waals surface area contributed by atoms with E-state index in [4.69, 9.17) is 9.66 Å². The van der Waals surface area contributed by atoms with Gasteiger partial charge in [-0.2, -0.15) is 8.42 Å². The predicted molar refractivity (Wildman–Crippen MR) is 75.9 cm³/mol. The number of aliphatic hydroxyl groups is 1. The third-order valence-electron chi connectivity index (χ3n) is 2.64. The van der Waals surface area contributed by atoms with E-state index in [1.54, 1.807) is 13.8 Å². The van der Waals surface area contributed by atoms with E-state index in [9.17, 15) is 13.2 Å². The molecule has 0 heterocycles. The van der Waals surface area contributed by atoms with Gasteiger partial charge in [-0.3, -0.25) is 4.55 Å². The van der Waals surface area contributed by atoms with Crippen molar-refractivity contribution in [2.24, 2.45) is 0 Å². The number of carbonyl (C=O) groups is 1. The summed E-state index contributed by atoms with van der Waals surface area (Å²) in [6.45, 7) is 3.21. The molecule has 0 aromatic rings. The SMILES string of the molecule is C/C(=C/C(=O)OCCS(=O)(=O)O)CCCCC[C@H](C)O. The van der Waals surface area contributed by atoms with Crippen LogP contribution in [-0.4, -0.2) is 42.5 Å². The maximum atomic E-state index is 11.3. The summed E-state index contributed by atoms with van der Waals surface area (Å²) in [5, 5.41) is 9.09. The van der Waals surface area contributed by atoms with Gasteiger partial charge < -0.3 is 9.84 Å². The minimum Gasteiger partial charge on any atom is -0.461 e. The first-order valence-corrected chi connectivity index (χ1v) is 8.29. The number of hydrogen-bond donors (Lipinski definition) is 2. The lowest BCUT2D eigenvalue weighted by atomic mass is 10.1. The number of aliphatic hydroxyl groups excluding tert-OH is 1. The van der Waals surface area contributed by atoms with Gasteiger partial charge in [-0.1, -0.05) is 18.4 Å². The Balaban J connectivity index is 3.79. The molecule has 0 bridgehead atoms. The van der Waals surface area contributed by atoms with Crippen LogP contribution in [0, 0.1) is 0 Å². The highest BCUT2D eigenvalue weighted by atomic mass is 32.2. The van der Waals surface area contributed by atoms with Crippen molar-refractivity contribution in [3.05, 3.63) is 11.6 Å². The van der Waals surface area contributed by atoms with Crippen LogP contribution in [0.3, 0.4) is 0 Å². The number of esters is 1. The van der Waals surface area contributed by atoms with E-state index in [1.807, 2.05) is 0 Å². The minimum atomic E-state index is -4.09. The lowest BCUT2D eigenvalue weighted by Gasteiger charge is -2.04. The van der Waals surface area contributed by atoms with E-state index in [0.717, 1.165) is 37.7 Å². The molecule has 2 N–H and O–H groups in total. The zero-order valence-electron chi connectivity index (χ0n) is 12.0. The predicted octanol–water partition coefficient (Wildman–Crippen LogP) is 1.70. The molecular weight excluding hydrogens is 284 g/mol. The molecule has 0 saturated heterocycles. The topological polar surface area (TPSA) is 101 Å². The summed E-state index contributed by atoms with van der Waals surface area (Å²) in [6, 6.07) is 0. The molecule has 0 unspecified atom stereocenters. The molecule has 7 heteroatoms. The average Bonchev–Trinajstić information content (AvgIpc) is 2.26. The first-order chi connectivity index (χ1) is 9.20. The van der Waals surface area contributed by atoms with Crippen LogP contribution in [0.15, 0.2) is 11.6 Å². The van der Waals surface area contributed by atoms with E-state index in [-0.39, 0.29) is 12.7 Å². The van der Waals surface area contributed by atoms with Crippen LogP contribution in [0.4, 0.5) is 0 Å². The van der Waals surface area contributed by atoms with Gasteiger partial charge in [-0.15, -0.1) is 0 Å². The molecule has 0 aromatic carbocycles. The van der Waals surface area contributed by atoms with E-state index in [2.05, 4.69) is 4.74 Å². The highest BCUT2D eigenvalue weighted by molar-refractivity contribution is 7.85. The van der Waals surface area contributed by atoms with Gasteiger partial charge in [0.2, 0.25) is 0 Å². The Morgan fingerprint density at radius 3 is 2.50 bits per heavy atom. The largest absolute Gasteiger partial charge is 0.461 e. The van der Waals surface area contributed by atoms with E-state index in [0.29, 0.717) is 0 Å². The van der Waals surface area contributed by atoms with Crippen LogP contribution in [0.1, 0.15) is 46.0 Å². The van der Waals surface area contributed by atoms with Crippen LogP contribution in [0.5, 0.6) is 0 Å². The Kier molecular flexibility index (Phi) is 9.45. The highest BCUT2D eigenvalue weighted by Gasteiger charge is 2.06. The van der Waals surface area contributed by atoms with Crippen molar-refractivity contribution in [1.29, 1.82) is 0 Å². The average molecular weight is 308 g/mol. The van der Waals surface area contributed by atoms with Gasteiger partial charge in [0.05, 0.1) is 6.10 Å². The first kappa shape index (κ1) is 19.1. The van der Waals surface area contributed by atoms with Crippen molar-refractivity contribution in [1.82, 2.24) is 0 Å². The summed E-state index contributed by atoms with van der Waals surface area (Å²) in [6.07, 6.45) is 5.45. The van der Waals surface area contributed by atoms with Crippen molar-refractivity contribution < 1.29 is 27.6 Å². The molecule has 0 aliphatic carbocycles. The second-order valence-electron chi connectivity index (χ2n) is 4.89. The number of unbranched alkanes of at least 4 members (excludes halogenated alkanes) is 2. The molecule has 0 spiro atoms. The lowest BCUT2D eigenvalue weighted by Crippen LogP contribution is -2.13. The van der Waals surface area contributed by atoms with Crippen molar-refractivity contribution in [2.45, 2.75) is 52.1 Å². The minimum absolute atomic E-state index is 0.274. The van der Waals surface area contributed by atoms with Gasteiger partial charge in [0.15, 0.2) is 0 Å².